The number of hydrogen-bond acceptors (Lipinski definition) is 4. The number of carbonyl (C=O) groups excluding carboxylic acids is 3. The number of esters is 1. The summed E-state index contributed by atoms with van der Waals surface area (Å²) in [6.45, 7) is 3.12. The van der Waals surface area contributed by atoms with E-state index in [4.69, 9.17) is 11.6 Å². The number of ether oxygens (including phenoxy) is 1. The minimum Gasteiger partial charge on any atom is -0.465 e. The van der Waals surface area contributed by atoms with Crippen LogP contribution in [0.3, 0.4) is 0 Å². The number of rotatable bonds is 5. The Balaban J connectivity index is 2.11. The van der Waals surface area contributed by atoms with Crippen molar-refractivity contribution in [1.82, 2.24) is 5.32 Å². The Labute approximate surface area is 152 Å². The maximum Gasteiger partial charge on any atom is 0.337 e. The van der Waals surface area contributed by atoms with E-state index in [1.165, 1.54) is 25.3 Å². The van der Waals surface area contributed by atoms with Gasteiger partial charge < -0.3 is 15.4 Å². The Morgan fingerprint density at radius 1 is 1.16 bits per heavy atom. The van der Waals surface area contributed by atoms with Crippen molar-refractivity contribution in [3.8, 4) is 0 Å². The van der Waals surface area contributed by atoms with Gasteiger partial charge in [-0.05, 0) is 44.9 Å². The van der Waals surface area contributed by atoms with Crippen molar-refractivity contribution in [2.24, 2.45) is 5.41 Å². The van der Waals surface area contributed by atoms with E-state index in [9.17, 15) is 14.4 Å². The zero-order valence-electron chi connectivity index (χ0n) is 14.6. The van der Waals surface area contributed by atoms with E-state index in [1.807, 2.05) is 0 Å². The van der Waals surface area contributed by atoms with Crippen molar-refractivity contribution >= 4 is 35.1 Å². The molecule has 0 atom stereocenters. The highest BCUT2D eigenvalue weighted by molar-refractivity contribution is 6.34. The molecule has 1 aliphatic rings. The molecule has 0 radical (unpaired) electrons. The molecule has 136 valence electrons. The fourth-order valence-electron chi connectivity index (χ4n) is 2.68. The van der Waals surface area contributed by atoms with Crippen LogP contribution in [0.5, 0.6) is 0 Å². The van der Waals surface area contributed by atoms with Crippen molar-refractivity contribution in [3.05, 3.63) is 28.8 Å². The molecule has 0 aliphatic heterocycles. The Hall–Kier alpha value is -2.08. The van der Waals surface area contributed by atoms with E-state index in [2.05, 4.69) is 15.4 Å². The lowest BCUT2D eigenvalue weighted by Crippen LogP contribution is -2.48. The van der Waals surface area contributed by atoms with Crippen LogP contribution in [0, 0.1) is 5.41 Å². The third kappa shape index (κ3) is 4.51. The third-order valence-corrected chi connectivity index (χ3v) is 4.79. The molecule has 2 rings (SSSR count). The molecule has 7 heteroatoms. The average Bonchev–Trinajstić information content (AvgIpc) is 3.08. The minimum absolute atomic E-state index is 0.130. The molecule has 0 unspecified atom stereocenters. The van der Waals surface area contributed by atoms with Gasteiger partial charge >= 0.3 is 5.97 Å². The van der Waals surface area contributed by atoms with Crippen molar-refractivity contribution in [2.45, 2.75) is 45.6 Å². The van der Waals surface area contributed by atoms with Gasteiger partial charge in [0.2, 0.25) is 11.8 Å². The average molecular weight is 367 g/mol. The molecule has 1 aliphatic carbocycles. The molecule has 1 aromatic rings. The molecule has 25 heavy (non-hydrogen) atoms. The number of methoxy groups -OCH3 is 1. The summed E-state index contributed by atoms with van der Waals surface area (Å²) in [5.41, 5.74) is -0.751. The highest BCUT2D eigenvalue weighted by Crippen LogP contribution is 2.27. The number of carbonyl (C=O) groups is 3. The summed E-state index contributed by atoms with van der Waals surface area (Å²) in [6, 6.07) is 4.55. The second-order valence-corrected chi connectivity index (χ2v) is 7.13. The van der Waals surface area contributed by atoms with Gasteiger partial charge in [0.25, 0.3) is 0 Å². The SMILES string of the molecule is COC(=O)c1ccc(Cl)c(NC(=O)C(C)(C)C(=O)NC2CCCC2)c1. The summed E-state index contributed by atoms with van der Waals surface area (Å²) >= 11 is 6.09. The van der Waals surface area contributed by atoms with Crippen molar-refractivity contribution in [3.63, 3.8) is 0 Å². The molecule has 2 N–H and O–H groups in total. The number of benzene rings is 1. The number of hydrogen-bond donors (Lipinski definition) is 2. The lowest BCUT2D eigenvalue weighted by atomic mass is 9.90. The van der Waals surface area contributed by atoms with Gasteiger partial charge in [0.15, 0.2) is 0 Å². The van der Waals surface area contributed by atoms with Gasteiger partial charge in [-0.25, -0.2) is 4.79 Å². The molecule has 0 aromatic heterocycles. The van der Waals surface area contributed by atoms with E-state index >= 15 is 0 Å². The standard InChI is InChI=1S/C18H23ClN2O4/c1-18(2,16(23)20-12-6-4-5-7-12)17(24)21-14-10-11(15(22)25-3)8-9-13(14)19/h8-10,12H,4-7H2,1-3H3,(H,20,23)(H,21,24). The topological polar surface area (TPSA) is 84.5 Å². The van der Waals surface area contributed by atoms with E-state index in [0.29, 0.717) is 0 Å². The number of amides is 2. The van der Waals surface area contributed by atoms with Crippen molar-refractivity contribution in [1.29, 1.82) is 0 Å². The minimum atomic E-state index is -1.27. The molecule has 6 nitrogen and oxygen atoms in total. The van der Waals surface area contributed by atoms with Gasteiger partial charge in [-0.2, -0.15) is 0 Å². The first-order valence-corrected chi connectivity index (χ1v) is 8.63. The summed E-state index contributed by atoms with van der Waals surface area (Å²) in [6.07, 6.45) is 4.06. The molecular weight excluding hydrogens is 344 g/mol. The molecule has 0 spiro atoms. The maximum atomic E-state index is 12.6. The predicted molar refractivity (Wildman–Crippen MR) is 95.6 cm³/mol. The van der Waals surface area contributed by atoms with E-state index in [0.717, 1.165) is 25.7 Å². The van der Waals surface area contributed by atoms with Gasteiger partial charge in [0.05, 0.1) is 23.4 Å². The van der Waals surface area contributed by atoms with Gasteiger partial charge in [-0.3, -0.25) is 9.59 Å². The highest BCUT2D eigenvalue weighted by atomic mass is 35.5. The normalized spacial score (nSPS) is 14.9. The lowest BCUT2D eigenvalue weighted by Gasteiger charge is -2.25. The van der Waals surface area contributed by atoms with E-state index in [1.54, 1.807) is 13.8 Å². The molecule has 1 saturated carbocycles. The molecule has 1 fully saturated rings. The van der Waals surface area contributed by atoms with Crippen LogP contribution < -0.4 is 10.6 Å². The molecule has 1 aromatic carbocycles. The summed E-state index contributed by atoms with van der Waals surface area (Å²) in [4.78, 5) is 36.7. The van der Waals surface area contributed by atoms with Crippen molar-refractivity contribution < 1.29 is 19.1 Å². The predicted octanol–water partition coefficient (Wildman–Crippen LogP) is 3.15. The summed E-state index contributed by atoms with van der Waals surface area (Å²) in [5, 5.41) is 5.84. The Morgan fingerprint density at radius 2 is 1.80 bits per heavy atom. The zero-order chi connectivity index (χ0) is 18.6. The van der Waals surface area contributed by atoms with E-state index in [-0.39, 0.29) is 28.2 Å². The van der Waals surface area contributed by atoms with Crippen LogP contribution >= 0.6 is 11.6 Å². The maximum absolute atomic E-state index is 12.6. The molecule has 0 bridgehead atoms. The van der Waals surface area contributed by atoms with Crippen LogP contribution in [-0.2, 0) is 14.3 Å². The first-order chi connectivity index (χ1) is 11.8. The van der Waals surface area contributed by atoms with Gasteiger partial charge in [-0.1, -0.05) is 24.4 Å². The summed E-state index contributed by atoms with van der Waals surface area (Å²) in [7, 11) is 1.27. The summed E-state index contributed by atoms with van der Waals surface area (Å²) < 4.78 is 4.66. The van der Waals surface area contributed by atoms with Crippen LogP contribution in [0.1, 0.15) is 49.9 Å². The Kier molecular flexibility index (Phi) is 6.06. The fraction of sp³-hybridized carbons (Fsp3) is 0.500. The van der Waals surface area contributed by atoms with Crippen LogP contribution in [-0.4, -0.2) is 30.9 Å². The fourth-order valence-corrected chi connectivity index (χ4v) is 2.85. The van der Waals surface area contributed by atoms with Gasteiger partial charge in [-0.15, -0.1) is 0 Å². The number of nitrogens with one attached hydrogen (secondary N) is 2. The number of halogens is 1. The highest BCUT2D eigenvalue weighted by Gasteiger charge is 2.37. The molecule has 0 saturated heterocycles. The zero-order valence-corrected chi connectivity index (χ0v) is 15.4. The van der Waals surface area contributed by atoms with Crippen LogP contribution in [0.25, 0.3) is 0 Å². The quantitative estimate of drug-likeness (QED) is 0.619. The molecule has 2 amide bonds. The van der Waals surface area contributed by atoms with Crippen LogP contribution in [0.15, 0.2) is 18.2 Å². The second kappa shape index (κ2) is 7.87. The largest absolute Gasteiger partial charge is 0.465 e. The Morgan fingerprint density at radius 3 is 2.40 bits per heavy atom. The Bertz CT molecular complexity index is 682. The van der Waals surface area contributed by atoms with Gasteiger partial charge in [0.1, 0.15) is 5.41 Å². The van der Waals surface area contributed by atoms with Crippen LogP contribution in [0.2, 0.25) is 5.02 Å². The van der Waals surface area contributed by atoms with Gasteiger partial charge in [0, 0.05) is 6.04 Å². The first-order valence-electron chi connectivity index (χ1n) is 8.26. The third-order valence-electron chi connectivity index (χ3n) is 4.46. The summed E-state index contributed by atoms with van der Waals surface area (Å²) in [5.74, 6) is -1.35. The monoisotopic (exact) mass is 366 g/mol. The molecular formula is C18H23ClN2O4. The van der Waals surface area contributed by atoms with Crippen molar-refractivity contribution in [2.75, 3.05) is 12.4 Å². The number of anilines is 1. The second-order valence-electron chi connectivity index (χ2n) is 6.72. The smallest absolute Gasteiger partial charge is 0.337 e. The first kappa shape index (κ1) is 19.2. The van der Waals surface area contributed by atoms with Crippen LogP contribution in [0.4, 0.5) is 5.69 Å². The van der Waals surface area contributed by atoms with E-state index < -0.39 is 17.3 Å². The lowest BCUT2D eigenvalue weighted by molar-refractivity contribution is -0.138. The molecule has 0 heterocycles.